The van der Waals surface area contributed by atoms with Gasteiger partial charge in [0.1, 0.15) is 0 Å². The maximum Gasteiger partial charge on any atom is 0.257 e. The first kappa shape index (κ1) is 13.1. The van der Waals surface area contributed by atoms with Crippen LogP contribution in [0.1, 0.15) is 5.56 Å². The maximum atomic E-state index is 11.7. The molecule has 0 saturated carbocycles. The van der Waals surface area contributed by atoms with E-state index in [0.29, 0.717) is 18.0 Å². The number of hydrogen-bond donors (Lipinski definition) is 2. The Morgan fingerprint density at radius 2 is 2.22 bits per heavy atom. The molecule has 2 rings (SSSR count). The second-order valence-electron chi connectivity index (χ2n) is 3.69. The minimum absolute atomic E-state index is 0.0635. The Hall–Kier alpha value is -1.37. The number of nitrogens with zero attached hydrogens (tertiary/aromatic N) is 1. The van der Waals surface area contributed by atoms with Crippen molar-refractivity contribution >= 4 is 21.6 Å². The molecule has 0 aliphatic heterocycles. The fourth-order valence-corrected chi connectivity index (χ4v) is 2.64. The van der Waals surface area contributed by atoms with Gasteiger partial charge >= 0.3 is 0 Å². The van der Waals surface area contributed by atoms with Gasteiger partial charge in [0.2, 0.25) is 0 Å². The van der Waals surface area contributed by atoms with Crippen LogP contribution in [0, 0.1) is 0 Å². The quantitative estimate of drug-likeness (QED) is 0.876. The van der Waals surface area contributed by atoms with E-state index in [9.17, 15) is 8.42 Å². The number of nitrogens with one attached hydrogen (secondary N) is 2. The van der Waals surface area contributed by atoms with Crippen molar-refractivity contribution in [1.29, 1.82) is 0 Å². The molecule has 0 bridgehead atoms. The van der Waals surface area contributed by atoms with Crippen molar-refractivity contribution in [1.82, 2.24) is 14.7 Å². The first-order valence-electron chi connectivity index (χ1n) is 5.30. The summed E-state index contributed by atoms with van der Waals surface area (Å²) in [5, 5.41) is 0.706. The Labute approximate surface area is 110 Å². The summed E-state index contributed by atoms with van der Waals surface area (Å²) in [4.78, 5) is 6.23. The normalized spacial score (nSPS) is 11.6. The zero-order valence-electron chi connectivity index (χ0n) is 9.43. The Morgan fingerprint density at radius 3 is 2.89 bits per heavy atom. The highest BCUT2D eigenvalue weighted by molar-refractivity contribution is 7.89. The van der Waals surface area contributed by atoms with E-state index in [1.165, 1.54) is 12.5 Å². The van der Waals surface area contributed by atoms with E-state index < -0.39 is 10.0 Å². The molecule has 1 heterocycles. The predicted octanol–water partition coefficient (Wildman–Crippen LogP) is 1.58. The third-order valence-electron chi connectivity index (χ3n) is 2.36. The minimum Gasteiger partial charge on any atom is -0.335 e. The molecule has 0 amide bonds. The molecule has 18 heavy (non-hydrogen) atoms. The van der Waals surface area contributed by atoms with Gasteiger partial charge in [0, 0.05) is 11.6 Å². The Balaban J connectivity index is 1.93. The summed E-state index contributed by atoms with van der Waals surface area (Å²) in [6.07, 6.45) is 3.17. The molecule has 0 radical (unpaired) electrons. The van der Waals surface area contributed by atoms with Crippen molar-refractivity contribution < 1.29 is 8.42 Å². The first-order valence-corrected chi connectivity index (χ1v) is 7.16. The minimum atomic E-state index is -3.50. The van der Waals surface area contributed by atoms with Crippen LogP contribution in [0.2, 0.25) is 5.02 Å². The second kappa shape index (κ2) is 5.51. The van der Waals surface area contributed by atoms with Crippen LogP contribution in [-0.4, -0.2) is 24.9 Å². The van der Waals surface area contributed by atoms with Crippen LogP contribution in [0.5, 0.6) is 0 Å². The number of rotatable bonds is 5. The van der Waals surface area contributed by atoms with Crippen LogP contribution in [0.3, 0.4) is 0 Å². The number of imidazole rings is 1. The van der Waals surface area contributed by atoms with E-state index >= 15 is 0 Å². The van der Waals surface area contributed by atoms with Crippen LogP contribution >= 0.6 is 11.6 Å². The van der Waals surface area contributed by atoms with Crippen molar-refractivity contribution in [3.8, 4) is 0 Å². The molecule has 1 aromatic heterocycles. The molecule has 1 aromatic carbocycles. The summed E-state index contributed by atoms with van der Waals surface area (Å²) in [5.74, 6) is 0. The third-order valence-corrected chi connectivity index (χ3v) is 3.98. The van der Waals surface area contributed by atoms with Gasteiger partial charge < -0.3 is 4.98 Å². The Kier molecular flexibility index (Phi) is 4.00. The molecule has 0 fully saturated rings. The number of aromatic nitrogens is 2. The van der Waals surface area contributed by atoms with Crippen molar-refractivity contribution in [2.45, 2.75) is 11.4 Å². The lowest BCUT2D eigenvalue weighted by Crippen LogP contribution is -2.26. The molecule has 0 spiro atoms. The molecule has 0 saturated heterocycles. The highest BCUT2D eigenvalue weighted by Crippen LogP contribution is 2.11. The van der Waals surface area contributed by atoms with E-state index in [1.54, 1.807) is 6.07 Å². The molecular formula is C11H12ClN3O2S. The van der Waals surface area contributed by atoms with Crippen molar-refractivity contribution in [3.63, 3.8) is 0 Å². The van der Waals surface area contributed by atoms with E-state index in [1.807, 2.05) is 18.2 Å². The second-order valence-corrected chi connectivity index (χ2v) is 5.87. The SMILES string of the molecule is O=S(=O)(NCCc1cccc(Cl)c1)c1cnc[nH]1. The fourth-order valence-electron chi connectivity index (χ4n) is 1.49. The first-order chi connectivity index (χ1) is 8.58. The van der Waals surface area contributed by atoms with Crippen LogP contribution in [0.25, 0.3) is 0 Å². The zero-order valence-corrected chi connectivity index (χ0v) is 11.0. The van der Waals surface area contributed by atoms with Crippen LogP contribution in [-0.2, 0) is 16.4 Å². The van der Waals surface area contributed by atoms with E-state index in [4.69, 9.17) is 11.6 Å². The number of halogens is 1. The van der Waals surface area contributed by atoms with Gasteiger partial charge in [0.15, 0.2) is 5.03 Å². The van der Waals surface area contributed by atoms with Gasteiger partial charge in [0.05, 0.1) is 12.5 Å². The van der Waals surface area contributed by atoms with Gasteiger partial charge in [-0.25, -0.2) is 18.1 Å². The number of hydrogen-bond acceptors (Lipinski definition) is 3. The van der Waals surface area contributed by atoms with Crippen LogP contribution in [0.15, 0.2) is 41.8 Å². The van der Waals surface area contributed by atoms with Gasteiger partial charge in [-0.2, -0.15) is 0 Å². The molecule has 2 aromatic rings. The highest BCUT2D eigenvalue weighted by Gasteiger charge is 2.14. The number of sulfonamides is 1. The predicted molar refractivity (Wildman–Crippen MR) is 68.9 cm³/mol. The van der Waals surface area contributed by atoms with Gasteiger partial charge in [-0.1, -0.05) is 23.7 Å². The fraction of sp³-hybridized carbons (Fsp3) is 0.182. The molecule has 96 valence electrons. The summed E-state index contributed by atoms with van der Waals surface area (Å²) in [6.45, 7) is 0.307. The molecule has 0 aliphatic carbocycles. The van der Waals surface area contributed by atoms with Crippen LogP contribution < -0.4 is 4.72 Å². The molecule has 0 unspecified atom stereocenters. The average molecular weight is 286 g/mol. The highest BCUT2D eigenvalue weighted by atomic mass is 35.5. The summed E-state index contributed by atoms with van der Waals surface area (Å²) in [6, 6.07) is 7.32. The largest absolute Gasteiger partial charge is 0.335 e. The Morgan fingerprint density at radius 1 is 1.39 bits per heavy atom. The molecule has 5 nitrogen and oxygen atoms in total. The lowest BCUT2D eigenvalue weighted by Gasteiger charge is -2.05. The van der Waals surface area contributed by atoms with Crippen molar-refractivity contribution in [3.05, 3.63) is 47.4 Å². The van der Waals surface area contributed by atoms with E-state index in [-0.39, 0.29) is 5.03 Å². The number of benzene rings is 1. The molecule has 0 aliphatic rings. The molecule has 7 heteroatoms. The van der Waals surface area contributed by atoms with Gasteiger partial charge in [-0.3, -0.25) is 0 Å². The van der Waals surface area contributed by atoms with E-state index in [2.05, 4.69) is 14.7 Å². The summed E-state index contributed by atoms with van der Waals surface area (Å²) < 4.78 is 26.0. The maximum absolute atomic E-state index is 11.7. The summed E-state index contributed by atoms with van der Waals surface area (Å²) in [5.41, 5.74) is 0.981. The lowest BCUT2D eigenvalue weighted by molar-refractivity contribution is 0.578. The smallest absolute Gasteiger partial charge is 0.257 e. The summed E-state index contributed by atoms with van der Waals surface area (Å²) in [7, 11) is -3.50. The molecular weight excluding hydrogens is 274 g/mol. The lowest BCUT2D eigenvalue weighted by atomic mass is 10.2. The molecule has 0 atom stereocenters. The van der Waals surface area contributed by atoms with Gasteiger partial charge in [-0.05, 0) is 24.1 Å². The number of H-pyrrole nitrogens is 1. The van der Waals surface area contributed by atoms with Crippen molar-refractivity contribution in [2.24, 2.45) is 0 Å². The molecule has 2 N–H and O–H groups in total. The average Bonchev–Trinajstić information content (AvgIpc) is 2.83. The standard InChI is InChI=1S/C11H12ClN3O2S/c12-10-3-1-2-9(6-10)4-5-15-18(16,17)11-7-13-8-14-11/h1-3,6-8,15H,4-5H2,(H,13,14). The number of aromatic amines is 1. The van der Waals surface area contributed by atoms with Gasteiger partial charge in [0.25, 0.3) is 10.0 Å². The Bertz CT molecular complexity index is 611. The summed E-state index contributed by atoms with van der Waals surface area (Å²) >= 11 is 5.84. The monoisotopic (exact) mass is 285 g/mol. The topological polar surface area (TPSA) is 74.8 Å². The third kappa shape index (κ3) is 3.32. The van der Waals surface area contributed by atoms with Crippen LogP contribution in [0.4, 0.5) is 0 Å². The zero-order chi connectivity index (χ0) is 13.0. The van der Waals surface area contributed by atoms with E-state index in [0.717, 1.165) is 5.56 Å². The van der Waals surface area contributed by atoms with Crippen molar-refractivity contribution in [2.75, 3.05) is 6.54 Å². The van der Waals surface area contributed by atoms with Gasteiger partial charge in [-0.15, -0.1) is 0 Å².